The number of carbonyl (C=O) groups is 1. The summed E-state index contributed by atoms with van der Waals surface area (Å²) in [5.41, 5.74) is 0.746. The predicted molar refractivity (Wildman–Crippen MR) is 47.3 cm³/mol. The first-order valence-corrected chi connectivity index (χ1v) is 3.80. The number of hydrogen-bond donors (Lipinski definition) is 1. The van der Waals surface area contributed by atoms with Gasteiger partial charge < -0.3 is 10.1 Å². The fourth-order valence-corrected chi connectivity index (χ4v) is 0.910. The number of benzene rings is 1. The Morgan fingerprint density at radius 2 is 2.42 bits per heavy atom. The molecule has 0 heterocycles. The zero-order chi connectivity index (χ0) is 8.81. The van der Waals surface area contributed by atoms with Crippen LogP contribution in [0, 0.1) is 0 Å². The minimum Gasteiger partial charge on any atom is -0.494 e. The third-order valence-corrected chi connectivity index (χ3v) is 1.37. The van der Waals surface area contributed by atoms with Crippen LogP contribution in [0.3, 0.4) is 0 Å². The highest BCUT2D eigenvalue weighted by atomic mass is 16.5. The van der Waals surface area contributed by atoms with Gasteiger partial charge in [0.05, 0.1) is 6.61 Å². The third kappa shape index (κ3) is 2.27. The lowest BCUT2D eigenvalue weighted by Crippen LogP contribution is -1.95. The number of anilines is 1. The van der Waals surface area contributed by atoms with Crippen LogP contribution in [0.1, 0.15) is 6.92 Å². The number of carbonyl (C=O) groups excluding carboxylic acids is 1. The summed E-state index contributed by atoms with van der Waals surface area (Å²) < 4.78 is 5.24. The average Bonchev–Trinajstić information content (AvgIpc) is 2.06. The van der Waals surface area contributed by atoms with Crippen molar-refractivity contribution in [3.8, 4) is 5.75 Å². The lowest BCUT2D eigenvalue weighted by Gasteiger charge is -2.03. The molecule has 3 nitrogen and oxygen atoms in total. The summed E-state index contributed by atoms with van der Waals surface area (Å²) in [7, 11) is 0. The number of rotatable bonds is 4. The molecule has 0 spiro atoms. The minimum atomic E-state index is 0.630. The Balaban J connectivity index is 2.73. The topological polar surface area (TPSA) is 38.3 Å². The molecule has 0 unspecified atom stereocenters. The van der Waals surface area contributed by atoms with Crippen LogP contribution in [0.4, 0.5) is 5.69 Å². The molecule has 0 radical (unpaired) electrons. The van der Waals surface area contributed by atoms with Crippen molar-refractivity contribution >= 4 is 12.1 Å². The first-order valence-electron chi connectivity index (χ1n) is 3.80. The van der Waals surface area contributed by atoms with E-state index in [1.165, 1.54) is 0 Å². The van der Waals surface area contributed by atoms with E-state index >= 15 is 0 Å². The van der Waals surface area contributed by atoms with Gasteiger partial charge in [0.15, 0.2) is 0 Å². The molecule has 1 N–H and O–H groups in total. The van der Waals surface area contributed by atoms with Gasteiger partial charge in [-0.25, -0.2) is 0 Å². The van der Waals surface area contributed by atoms with Crippen LogP contribution in [0.25, 0.3) is 0 Å². The molecular formula is C9H11NO2. The molecule has 1 rings (SSSR count). The van der Waals surface area contributed by atoms with E-state index in [0.717, 1.165) is 11.4 Å². The molecule has 1 amide bonds. The lowest BCUT2D eigenvalue weighted by molar-refractivity contribution is -0.105. The van der Waals surface area contributed by atoms with E-state index in [1.807, 2.05) is 19.1 Å². The summed E-state index contributed by atoms with van der Waals surface area (Å²) in [6.07, 6.45) is 0.644. The molecule has 0 aliphatic carbocycles. The first kappa shape index (κ1) is 8.59. The third-order valence-electron chi connectivity index (χ3n) is 1.37. The second-order valence-corrected chi connectivity index (χ2v) is 2.22. The Labute approximate surface area is 71.4 Å². The Bertz CT molecular complexity index is 260. The largest absolute Gasteiger partial charge is 0.494 e. The van der Waals surface area contributed by atoms with E-state index < -0.39 is 0 Å². The molecule has 1 aromatic carbocycles. The maximum Gasteiger partial charge on any atom is 0.211 e. The van der Waals surface area contributed by atoms with Crippen LogP contribution in [-0.2, 0) is 4.79 Å². The van der Waals surface area contributed by atoms with Crippen LogP contribution in [0.2, 0.25) is 0 Å². The van der Waals surface area contributed by atoms with Crippen LogP contribution in [0.15, 0.2) is 24.3 Å². The molecule has 0 saturated heterocycles. The SMILES string of the molecule is CCOc1cccc(NC=O)c1. The van der Waals surface area contributed by atoms with Gasteiger partial charge in [0.1, 0.15) is 5.75 Å². The highest BCUT2D eigenvalue weighted by Crippen LogP contribution is 2.16. The zero-order valence-corrected chi connectivity index (χ0v) is 6.91. The number of nitrogens with one attached hydrogen (secondary N) is 1. The Hall–Kier alpha value is -1.51. The van der Waals surface area contributed by atoms with Crippen molar-refractivity contribution < 1.29 is 9.53 Å². The van der Waals surface area contributed by atoms with Gasteiger partial charge in [0.25, 0.3) is 0 Å². The van der Waals surface area contributed by atoms with Gasteiger partial charge in [-0.2, -0.15) is 0 Å². The van der Waals surface area contributed by atoms with Gasteiger partial charge >= 0.3 is 0 Å². The zero-order valence-electron chi connectivity index (χ0n) is 6.91. The minimum absolute atomic E-state index is 0.630. The van der Waals surface area contributed by atoms with Crippen molar-refractivity contribution in [3.63, 3.8) is 0 Å². The summed E-state index contributed by atoms with van der Waals surface area (Å²) in [4.78, 5) is 10.1. The molecule has 0 aliphatic rings. The van der Waals surface area contributed by atoms with Gasteiger partial charge in [-0.1, -0.05) is 6.07 Å². The second-order valence-electron chi connectivity index (χ2n) is 2.22. The average molecular weight is 165 g/mol. The van der Waals surface area contributed by atoms with Crippen molar-refractivity contribution in [1.29, 1.82) is 0 Å². The summed E-state index contributed by atoms with van der Waals surface area (Å²) in [6.45, 7) is 2.55. The second kappa shape index (κ2) is 4.38. The van der Waals surface area contributed by atoms with E-state index in [4.69, 9.17) is 4.74 Å². The summed E-state index contributed by atoms with van der Waals surface area (Å²) in [5.74, 6) is 0.768. The number of ether oxygens (including phenoxy) is 1. The Kier molecular flexibility index (Phi) is 3.14. The van der Waals surface area contributed by atoms with E-state index in [2.05, 4.69) is 5.32 Å². The molecule has 0 aromatic heterocycles. The molecular weight excluding hydrogens is 154 g/mol. The highest BCUT2D eigenvalue weighted by molar-refractivity contribution is 5.71. The maximum absolute atomic E-state index is 10.1. The Morgan fingerprint density at radius 3 is 3.08 bits per heavy atom. The van der Waals surface area contributed by atoms with Gasteiger partial charge in [-0.05, 0) is 19.1 Å². The Morgan fingerprint density at radius 1 is 1.58 bits per heavy atom. The normalized spacial score (nSPS) is 9.08. The molecule has 0 atom stereocenters. The molecule has 64 valence electrons. The standard InChI is InChI=1S/C9H11NO2/c1-2-12-9-5-3-4-8(6-9)10-7-11/h3-7H,2H2,1H3,(H,10,11). The molecule has 0 saturated carbocycles. The van der Waals surface area contributed by atoms with Gasteiger partial charge in [0.2, 0.25) is 6.41 Å². The number of hydrogen-bond acceptors (Lipinski definition) is 2. The van der Waals surface area contributed by atoms with Crippen molar-refractivity contribution in [3.05, 3.63) is 24.3 Å². The number of amides is 1. The van der Waals surface area contributed by atoms with Crippen molar-refractivity contribution in [2.45, 2.75) is 6.92 Å². The highest BCUT2D eigenvalue weighted by Gasteiger charge is 1.93. The van der Waals surface area contributed by atoms with Gasteiger partial charge in [-0.3, -0.25) is 4.79 Å². The smallest absolute Gasteiger partial charge is 0.211 e. The summed E-state index contributed by atoms with van der Waals surface area (Å²) in [6, 6.07) is 7.26. The molecule has 12 heavy (non-hydrogen) atoms. The van der Waals surface area contributed by atoms with Crippen LogP contribution < -0.4 is 10.1 Å². The van der Waals surface area contributed by atoms with Gasteiger partial charge in [0, 0.05) is 11.8 Å². The van der Waals surface area contributed by atoms with E-state index in [-0.39, 0.29) is 0 Å². The van der Waals surface area contributed by atoms with Crippen molar-refractivity contribution in [2.75, 3.05) is 11.9 Å². The molecule has 0 bridgehead atoms. The van der Waals surface area contributed by atoms with Crippen molar-refractivity contribution in [2.24, 2.45) is 0 Å². The molecule has 0 aliphatic heterocycles. The van der Waals surface area contributed by atoms with Crippen LogP contribution in [0.5, 0.6) is 5.75 Å². The fourth-order valence-electron chi connectivity index (χ4n) is 0.910. The van der Waals surface area contributed by atoms with E-state index in [9.17, 15) is 4.79 Å². The molecule has 3 heteroatoms. The lowest BCUT2D eigenvalue weighted by atomic mass is 10.3. The predicted octanol–water partition coefficient (Wildman–Crippen LogP) is 1.65. The van der Waals surface area contributed by atoms with Crippen LogP contribution >= 0.6 is 0 Å². The quantitative estimate of drug-likeness (QED) is 0.689. The first-order chi connectivity index (χ1) is 5.86. The van der Waals surface area contributed by atoms with Crippen LogP contribution in [-0.4, -0.2) is 13.0 Å². The van der Waals surface area contributed by atoms with Crippen molar-refractivity contribution in [1.82, 2.24) is 0 Å². The van der Waals surface area contributed by atoms with E-state index in [0.29, 0.717) is 13.0 Å². The fraction of sp³-hybridized carbons (Fsp3) is 0.222. The molecule has 1 aromatic rings. The maximum atomic E-state index is 10.1. The van der Waals surface area contributed by atoms with Gasteiger partial charge in [-0.15, -0.1) is 0 Å². The summed E-state index contributed by atoms with van der Waals surface area (Å²) >= 11 is 0. The monoisotopic (exact) mass is 165 g/mol. The van der Waals surface area contributed by atoms with E-state index in [1.54, 1.807) is 12.1 Å². The summed E-state index contributed by atoms with van der Waals surface area (Å²) in [5, 5.41) is 2.55. The molecule has 0 fully saturated rings.